The molecule has 0 aliphatic rings. The summed E-state index contributed by atoms with van der Waals surface area (Å²) in [4.78, 5) is 10.8. The number of aromatic nitrogens is 2. The highest BCUT2D eigenvalue weighted by atomic mass is 35.5. The zero-order chi connectivity index (χ0) is 14.5. The summed E-state index contributed by atoms with van der Waals surface area (Å²) in [6, 6.07) is 6.29. The van der Waals surface area contributed by atoms with Crippen molar-refractivity contribution in [3.05, 3.63) is 46.6 Å². The molecule has 2 aromatic rings. The van der Waals surface area contributed by atoms with E-state index in [9.17, 15) is 4.79 Å². The third-order valence-corrected chi connectivity index (χ3v) is 2.82. The van der Waals surface area contributed by atoms with Gasteiger partial charge in [0.1, 0.15) is 12.6 Å². The lowest BCUT2D eigenvalue weighted by Crippen LogP contribution is -2.28. The summed E-state index contributed by atoms with van der Waals surface area (Å²) in [5.41, 5.74) is 0.858. The molecule has 1 aromatic heterocycles. The second-order valence-corrected chi connectivity index (χ2v) is 4.46. The topological polar surface area (TPSA) is 108 Å². The van der Waals surface area contributed by atoms with Gasteiger partial charge in [0.25, 0.3) is 0 Å². The fourth-order valence-corrected chi connectivity index (χ4v) is 1.80. The number of nitrogens with one attached hydrogen (secondary N) is 1. The van der Waals surface area contributed by atoms with Gasteiger partial charge in [0, 0.05) is 11.4 Å². The molecule has 1 atom stereocenters. The first-order valence-corrected chi connectivity index (χ1v) is 6.13. The Balaban J connectivity index is 2.18. The Bertz CT molecular complexity index is 585. The number of halogens is 1. The van der Waals surface area contributed by atoms with Crippen molar-refractivity contribution in [1.82, 2.24) is 15.5 Å². The van der Waals surface area contributed by atoms with Crippen LogP contribution in [0.2, 0.25) is 5.02 Å². The summed E-state index contributed by atoms with van der Waals surface area (Å²) < 4.78 is 5.17. The standard InChI is InChI=1S/C12H12ClN3O4/c13-8-3-1-7(2-4-8)5-9(14-12(18)19)11-16-15-10(6-17)20-11/h1-4,9,14,17H,5-6H2,(H,18,19). The van der Waals surface area contributed by atoms with E-state index < -0.39 is 18.7 Å². The van der Waals surface area contributed by atoms with Gasteiger partial charge in [0.05, 0.1) is 0 Å². The lowest BCUT2D eigenvalue weighted by atomic mass is 10.1. The van der Waals surface area contributed by atoms with E-state index in [0.29, 0.717) is 11.4 Å². The molecule has 0 aliphatic carbocycles. The molecule has 1 amide bonds. The van der Waals surface area contributed by atoms with E-state index >= 15 is 0 Å². The largest absolute Gasteiger partial charge is 0.465 e. The number of aliphatic hydroxyl groups is 1. The van der Waals surface area contributed by atoms with Crippen LogP contribution in [-0.2, 0) is 13.0 Å². The van der Waals surface area contributed by atoms with Gasteiger partial charge in [-0.3, -0.25) is 0 Å². The molecule has 0 spiro atoms. The van der Waals surface area contributed by atoms with Gasteiger partial charge in [-0.05, 0) is 17.7 Å². The lowest BCUT2D eigenvalue weighted by molar-refractivity contribution is 0.186. The average molecular weight is 298 g/mol. The van der Waals surface area contributed by atoms with Gasteiger partial charge in [-0.15, -0.1) is 10.2 Å². The van der Waals surface area contributed by atoms with E-state index in [-0.39, 0.29) is 11.8 Å². The molecule has 1 aromatic carbocycles. The second-order valence-electron chi connectivity index (χ2n) is 4.02. The van der Waals surface area contributed by atoms with Crippen molar-refractivity contribution in [3.63, 3.8) is 0 Å². The van der Waals surface area contributed by atoms with Crippen LogP contribution in [0.1, 0.15) is 23.4 Å². The Morgan fingerprint density at radius 2 is 2.05 bits per heavy atom. The number of carbonyl (C=O) groups is 1. The maximum absolute atomic E-state index is 10.8. The Hall–Kier alpha value is -2.12. The molecule has 1 heterocycles. The van der Waals surface area contributed by atoms with Crippen LogP contribution in [0.4, 0.5) is 4.79 Å². The first-order valence-electron chi connectivity index (χ1n) is 5.75. The van der Waals surface area contributed by atoms with Gasteiger partial charge in [-0.25, -0.2) is 4.79 Å². The van der Waals surface area contributed by atoms with E-state index in [0.717, 1.165) is 5.56 Å². The molecule has 0 radical (unpaired) electrons. The summed E-state index contributed by atoms with van der Waals surface area (Å²) in [5, 5.41) is 28.0. The van der Waals surface area contributed by atoms with Crippen LogP contribution in [0.3, 0.4) is 0 Å². The minimum Gasteiger partial charge on any atom is -0.465 e. The number of aliphatic hydroxyl groups excluding tert-OH is 1. The summed E-state index contributed by atoms with van der Waals surface area (Å²) in [6.45, 7) is -0.395. The number of hydrogen-bond donors (Lipinski definition) is 3. The van der Waals surface area contributed by atoms with Crippen molar-refractivity contribution < 1.29 is 19.4 Å². The van der Waals surface area contributed by atoms with Crippen molar-refractivity contribution in [1.29, 1.82) is 0 Å². The number of rotatable bonds is 5. The minimum absolute atomic E-state index is 0.0355. The van der Waals surface area contributed by atoms with E-state index in [2.05, 4.69) is 15.5 Å². The highest BCUT2D eigenvalue weighted by Crippen LogP contribution is 2.19. The molecule has 3 N–H and O–H groups in total. The number of benzene rings is 1. The van der Waals surface area contributed by atoms with Gasteiger partial charge in [0.15, 0.2) is 0 Å². The summed E-state index contributed by atoms with van der Waals surface area (Å²) in [5.74, 6) is 0.139. The van der Waals surface area contributed by atoms with Crippen molar-refractivity contribution in [2.24, 2.45) is 0 Å². The highest BCUT2D eigenvalue weighted by Gasteiger charge is 2.21. The third-order valence-electron chi connectivity index (χ3n) is 2.57. The maximum atomic E-state index is 10.8. The van der Waals surface area contributed by atoms with Gasteiger partial charge in [-0.2, -0.15) is 0 Å². The molecule has 106 valence electrons. The molecule has 0 saturated heterocycles. The predicted octanol–water partition coefficient (Wildman–Crippen LogP) is 1.77. The molecular weight excluding hydrogens is 286 g/mol. The molecule has 0 saturated carbocycles. The molecule has 7 nitrogen and oxygen atoms in total. The second kappa shape index (κ2) is 6.36. The van der Waals surface area contributed by atoms with Gasteiger partial charge >= 0.3 is 6.09 Å². The van der Waals surface area contributed by atoms with E-state index in [4.69, 9.17) is 26.2 Å². The fourth-order valence-electron chi connectivity index (χ4n) is 1.68. The molecular formula is C12H12ClN3O4. The highest BCUT2D eigenvalue weighted by molar-refractivity contribution is 6.30. The maximum Gasteiger partial charge on any atom is 0.405 e. The van der Waals surface area contributed by atoms with Crippen LogP contribution < -0.4 is 5.32 Å². The summed E-state index contributed by atoms with van der Waals surface area (Å²) in [6.07, 6.45) is -0.871. The Kier molecular flexibility index (Phi) is 4.54. The normalized spacial score (nSPS) is 12.1. The van der Waals surface area contributed by atoms with E-state index in [1.165, 1.54) is 0 Å². The van der Waals surface area contributed by atoms with E-state index in [1.807, 2.05) is 0 Å². The molecule has 0 fully saturated rings. The zero-order valence-corrected chi connectivity index (χ0v) is 11.0. The smallest absolute Gasteiger partial charge is 0.405 e. The molecule has 20 heavy (non-hydrogen) atoms. The number of hydrogen-bond acceptors (Lipinski definition) is 5. The lowest BCUT2D eigenvalue weighted by Gasteiger charge is -2.13. The first kappa shape index (κ1) is 14.3. The van der Waals surface area contributed by atoms with Gasteiger partial charge in [-0.1, -0.05) is 23.7 Å². The Labute approximate surface area is 119 Å². The van der Waals surface area contributed by atoms with Crippen LogP contribution in [0.25, 0.3) is 0 Å². The van der Waals surface area contributed by atoms with Gasteiger partial charge in [0.2, 0.25) is 11.8 Å². The van der Waals surface area contributed by atoms with Crippen LogP contribution in [0.5, 0.6) is 0 Å². The van der Waals surface area contributed by atoms with E-state index in [1.54, 1.807) is 24.3 Å². The number of nitrogens with zero attached hydrogens (tertiary/aromatic N) is 2. The molecule has 0 bridgehead atoms. The number of amides is 1. The monoisotopic (exact) mass is 297 g/mol. The summed E-state index contributed by atoms with van der Waals surface area (Å²) >= 11 is 5.79. The van der Waals surface area contributed by atoms with Crippen molar-refractivity contribution in [2.45, 2.75) is 19.1 Å². The predicted molar refractivity (Wildman–Crippen MR) is 69.3 cm³/mol. The first-order chi connectivity index (χ1) is 9.58. The summed E-state index contributed by atoms with van der Waals surface area (Å²) in [7, 11) is 0. The third kappa shape index (κ3) is 3.69. The zero-order valence-electron chi connectivity index (χ0n) is 10.3. The fraction of sp³-hybridized carbons (Fsp3) is 0.250. The quantitative estimate of drug-likeness (QED) is 0.776. The van der Waals surface area contributed by atoms with Crippen LogP contribution in [0, 0.1) is 0 Å². The van der Waals surface area contributed by atoms with Crippen molar-refractivity contribution >= 4 is 17.7 Å². The SMILES string of the molecule is O=C(O)NC(Cc1ccc(Cl)cc1)c1nnc(CO)o1. The minimum atomic E-state index is -1.20. The average Bonchev–Trinajstić information content (AvgIpc) is 2.89. The van der Waals surface area contributed by atoms with Crippen LogP contribution in [-0.4, -0.2) is 26.5 Å². The van der Waals surface area contributed by atoms with Crippen LogP contribution in [0.15, 0.2) is 28.7 Å². The van der Waals surface area contributed by atoms with Gasteiger partial charge < -0.3 is 19.9 Å². The number of carboxylic acid groups (broad SMARTS) is 1. The Morgan fingerprint density at radius 3 is 2.60 bits per heavy atom. The molecule has 2 rings (SSSR count). The Morgan fingerprint density at radius 1 is 1.35 bits per heavy atom. The molecule has 1 unspecified atom stereocenters. The van der Waals surface area contributed by atoms with Crippen molar-refractivity contribution in [2.75, 3.05) is 0 Å². The van der Waals surface area contributed by atoms with Crippen LogP contribution >= 0.6 is 11.6 Å². The molecule has 8 heteroatoms. The molecule has 0 aliphatic heterocycles. The van der Waals surface area contributed by atoms with Crippen molar-refractivity contribution in [3.8, 4) is 0 Å².